The summed E-state index contributed by atoms with van der Waals surface area (Å²) < 4.78 is 10.5. The van der Waals surface area contributed by atoms with Crippen LogP contribution in [0.15, 0.2) is 27.8 Å². The first kappa shape index (κ1) is 22.3. The molecule has 0 bridgehead atoms. The number of rotatable bonds is 8. The minimum Gasteiger partial charge on any atom is -0.469 e. The largest absolute Gasteiger partial charge is 0.469 e. The molecule has 9 nitrogen and oxygen atoms in total. The molecule has 0 atom stereocenters. The van der Waals surface area contributed by atoms with Gasteiger partial charge in [-0.15, -0.1) is 0 Å². The maximum absolute atomic E-state index is 11.7. The first-order valence-corrected chi connectivity index (χ1v) is 8.89. The molecule has 0 saturated heterocycles. The lowest BCUT2D eigenvalue weighted by Crippen LogP contribution is -2.43. The van der Waals surface area contributed by atoms with Crippen molar-refractivity contribution in [3.05, 3.63) is 24.2 Å². The molecule has 1 heterocycles. The van der Waals surface area contributed by atoms with E-state index in [0.717, 1.165) is 5.76 Å². The maximum atomic E-state index is 11.7. The van der Waals surface area contributed by atoms with Crippen LogP contribution >= 0.6 is 0 Å². The SMILES string of the molecule is CN(C)C(=O)CN=C(NCCNC(=O)OC(C)(C)C)NCCc1ccco1. The van der Waals surface area contributed by atoms with Crippen LogP contribution in [0.1, 0.15) is 26.5 Å². The van der Waals surface area contributed by atoms with Gasteiger partial charge >= 0.3 is 6.09 Å². The lowest BCUT2D eigenvalue weighted by Gasteiger charge is -2.20. The Kier molecular flexibility index (Phi) is 9.18. The second-order valence-electron chi connectivity index (χ2n) is 7.06. The van der Waals surface area contributed by atoms with Crippen LogP contribution in [0.25, 0.3) is 0 Å². The van der Waals surface area contributed by atoms with Crippen molar-refractivity contribution in [1.82, 2.24) is 20.9 Å². The molecular formula is C18H31N5O4. The van der Waals surface area contributed by atoms with Gasteiger partial charge in [-0.25, -0.2) is 9.79 Å². The number of carbonyl (C=O) groups is 2. The summed E-state index contributed by atoms with van der Waals surface area (Å²) in [4.78, 5) is 29.1. The van der Waals surface area contributed by atoms with E-state index in [1.165, 1.54) is 4.90 Å². The van der Waals surface area contributed by atoms with Gasteiger partial charge in [-0.1, -0.05) is 0 Å². The number of hydrogen-bond acceptors (Lipinski definition) is 5. The molecule has 152 valence electrons. The van der Waals surface area contributed by atoms with E-state index in [2.05, 4.69) is 20.9 Å². The zero-order valence-corrected chi connectivity index (χ0v) is 16.8. The molecule has 1 aromatic heterocycles. The highest BCUT2D eigenvalue weighted by Gasteiger charge is 2.15. The van der Waals surface area contributed by atoms with E-state index >= 15 is 0 Å². The molecule has 3 N–H and O–H groups in total. The average molecular weight is 381 g/mol. The number of aliphatic imine (C=N–C) groups is 1. The Morgan fingerprint density at radius 3 is 2.41 bits per heavy atom. The van der Waals surface area contributed by atoms with Gasteiger partial charge in [0.05, 0.1) is 6.26 Å². The first-order chi connectivity index (χ1) is 12.7. The fraction of sp³-hybridized carbons (Fsp3) is 0.611. The molecule has 0 aliphatic carbocycles. The number of likely N-dealkylation sites (N-methyl/N-ethyl adjacent to an activating group) is 1. The standard InChI is InChI=1S/C18H31N5O4/c1-18(2,3)27-17(25)21-11-10-20-16(22-13-15(24)23(4)5)19-9-8-14-7-6-12-26-14/h6-7,12H,8-11,13H2,1-5H3,(H,21,25)(H2,19,20,22). The summed E-state index contributed by atoms with van der Waals surface area (Å²) in [5, 5.41) is 8.88. The molecular weight excluding hydrogens is 350 g/mol. The van der Waals surface area contributed by atoms with Gasteiger partial charge in [0, 0.05) is 40.2 Å². The Morgan fingerprint density at radius 1 is 1.15 bits per heavy atom. The van der Waals surface area contributed by atoms with Crippen LogP contribution in [0.4, 0.5) is 4.79 Å². The van der Waals surface area contributed by atoms with Gasteiger partial charge in [0.2, 0.25) is 5.91 Å². The molecule has 0 fully saturated rings. The topological polar surface area (TPSA) is 108 Å². The van der Waals surface area contributed by atoms with Gasteiger partial charge < -0.3 is 30.0 Å². The van der Waals surface area contributed by atoms with Crippen molar-refractivity contribution in [3.63, 3.8) is 0 Å². The molecule has 0 spiro atoms. The lowest BCUT2D eigenvalue weighted by molar-refractivity contribution is -0.127. The third-order valence-electron chi connectivity index (χ3n) is 3.20. The molecule has 0 aromatic carbocycles. The Balaban J connectivity index is 2.43. The summed E-state index contributed by atoms with van der Waals surface area (Å²) in [7, 11) is 3.36. The highest BCUT2D eigenvalue weighted by atomic mass is 16.6. The normalized spacial score (nSPS) is 11.7. The van der Waals surface area contributed by atoms with Gasteiger partial charge in [0.25, 0.3) is 0 Å². The van der Waals surface area contributed by atoms with Crippen LogP contribution in [-0.4, -0.2) is 68.7 Å². The molecule has 1 aromatic rings. The summed E-state index contributed by atoms with van der Waals surface area (Å²) in [6.07, 6.45) is 1.84. The number of amides is 2. The molecule has 9 heteroatoms. The second-order valence-corrected chi connectivity index (χ2v) is 7.06. The zero-order chi connectivity index (χ0) is 20.3. The quantitative estimate of drug-likeness (QED) is 0.352. The highest BCUT2D eigenvalue weighted by Crippen LogP contribution is 2.06. The Labute approximate surface area is 160 Å². The van der Waals surface area contributed by atoms with Gasteiger partial charge in [-0.3, -0.25) is 4.79 Å². The first-order valence-electron chi connectivity index (χ1n) is 8.89. The molecule has 0 saturated carbocycles. The monoisotopic (exact) mass is 381 g/mol. The van der Waals surface area contributed by atoms with E-state index in [0.29, 0.717) is 32.0 Å². The van der Waals surface area contributed by atoms with Gasteiger partial charge in [-0.2, -0.15) is 0 Å². The van der Waals surface area contributed by atoms with E-state index in [9.17, 15) is 9.59 Å². The van der Waals surface area contributed by atoms with Crippen molar-refractivity contribution >= 4 is 18.0 Å². The van der Waals surface area contributed by atoms with E-state index in [1.54, 1.807) is 41.1 Å². The van der Waals surface area contributed by atoms with Gasteiger partial charge in [0.15, 0.2) is 5.96 Å². The molecule has 0 aliphatic heterocycles. The second kappa shape index (κ2) is 11.1. The van der Waals surface area contributed by atoms with Crippen molar-refractivity contribution in [2.45, 2.75) is 32.8 Å². The Bertz CT molecular complexity index is 606. The zero-order valence-electron chi connectivity index (χ0n) is 16.8. The van der Waals surface area contributed by atoms with E-state index in [1.807, 2.05) is 12.1 Å². The van der Waals surface area contributed by atoms with Crippen molar-refractivity contribution < 1.29 is 18.7 Å². The third-order valence-corrected chi connectivity index (χ3v) is 3.20. The lowest BCUT2D eigenvalue weighted by atomic mass is 10.2. The molecule has 0 unspecified atom stereocenters. The van der Waals surface area contributed by atoms with Crippen molar-refractivity contribution in [3.8, 4) is 0 Å². The number of ether oxygens (including phenoxy) is 1. The number of guanidine groups is 1. The van der Waals surface area contributed by atoms with E-state index in [4.69, 9.17) is 9.15 Å². The smallest absolute Gasteiger partial charge is 0.407 e. The van der Waals surface area contributed by atoms with Crippen LogP contribution in [-0.2, 0) is 16.0 Å². The van der Waals surface area contributed by atoms with Crippen LogP contribution in [0.5, 0.6) is 0 Å². The van der Waals surface area contributed by atoms with Crippen molar-refractivity contribution in [2.75, 3.05) is 40.3 Å². The van der Waals surface area contributed by atoms with Crippen LogP contribution < -0.4 is 16.0 Å². The molecule has 0 aliphatic rings. The molecule has 2 amide bonds. The Hall–Kier alpha value is -2.71. The van der Waals surface area contributed by atoms with Crippen LogP contribution in [0.2, 0.25) is 0 Å². The van der Waals surface area contributed by atoms with Gasteiger partial charge in [-0.05, 0) is 32.9 Å². The fourth-order valence-electron chi connectivity index (χ4n) is 1.88. The molecule has 1 rings (SSSR count). The average Bonchev–Trinajstić information content (AvgIpc) is 3.07. The predicted octanol–water partition coefficient (Wildman–Crippen LogP) is 0.970. The highest BCUT2D eigenvalue weighted by molar-refractivity contribution is 5.84. The minimum atomic E-state index is -0.538. The third kappa shape index (κ3) is 10.8. The number of nitrogens with one attached hydrogen (secondary N) is 3. The van der Waals surface area contributed by atoms with Crippen molar-refractivity contribution in [2.24, 2.45) is 4.99 Å². The summed E-state index contributed by atoms with van der Waals surface area (Å²) >= 11 is 0. The van der Waals surface area contributed by atoms with Crippen LogP contribution in [0, 0.1) is 0 Å². The Morgan fingerprint density at radius 2 is 1.81 bits per heavy atom. The number of alkyl carbamates (subject to hydrolysis) is 1. The summed E-state index contributed by atoms with van der Waals surface area (Å²) in [5.74, 6) is 1.24. The fourth-order valence-corrected chi connectivity index (χ4v) is 1.88. The van der Waals surface area contributed by atoms with Crippen LogP contribution in [0.3, 0.4) is 0 Å². The van der Waals surface area contributed by atoms with E-state index in [-0.39, 0.29) is 12.5 Å². The maximum Gasteiger partial charge on any atom is 0.407 e. The van der Waals surface area contributed by atoms with Crippen molar-refractivity contribution in [1.29, 1.82) is 0 Å². The predicted molar refractivity (Wildman–Crippen MR) is 104 cm³/mol. The number of hydrogen-bond donors (Lipinski definition) is 3. The number of furan rings is 1. The number of nitrogens with zero attached hydrogens (tertiary/aromatic N) is 2. The molecule has 27 heavy (non-hydrogen) atoms. The number of carbonyl (C=O) groups excluding carboxylic acids is 2. The summed E-state index contributed by atoms with van der Waals surface area (Å²) in [6, 6.07) is 3.73. The summed E-state index contributed by atoms with van der Waals surface area (Å²) in [5.41, 5.74) is -0.538. The minimum absolute atomic E-state index is 0.0303. The van der Waals surface area contributed by atoms with Gasteiger partial charge in [0.1, 0.15) is 17.9 Å². The summed E-state index contributed by atoms with van der Waals surface area (Å²) in [6.45, 7) is 6.83. The van der Waals surface area contributed by atoms with E-state index < -0.39 is 11.7 Å². The molecule has 0 radical (unpaired) electrons.